The molecule has 0 unspecified atom stereocenters. The van der Waals surface area contributed by atoms with Crippen LogP contribution in [0.25, 0.3) is 6.08 Å². The van der Waals surface area contributed by atoms with Crippen LogP contribution in [0.15, 0.2) is 55.1 Å². The second-order valence-corrected chi connectivity index (χ2v) is 10.8. The first kappa shape index (κ1) is 15.7. The van der Waals surface area contributed by atoms with Crippen LogP contribution in [0.4, 0.5) is 0 Å². The van der Waals surface area contributed by atoms with Gasteiger partial charge in [-0.25, -0.2) is 0 Å². The molecule has 1 aliphatic heterocycles. The summed E-state index contributed by atoms with van der Waals surface area (Å²) in [6, 6.07) is 8.18. The second kappa shape index (κ2) is 6.83. The Bertz CT molecular complexity index is 550. The predicted molar refractivity (Wildman–Crippen MR) is 93.0 cm³/mol. The van der Waals surface area contributed by atoms with Crippen molar-refractivity contribution in [2.24, 2.45) is 0 Å². The minimum Gasteiger partial charge on any atom is -0.359 e. The van der Waals surface area contributed by atoms with Gasteiger partial charge in [0.1, 0.15) is 0 Å². The van der Waals surface area contributed by atoms with Gasteiger partial charge in [0.15, 0.2) is 7.90 Å². The van der Waals surface area contributed by atoms with E-state index < -0.39 is 2.14 Å². The standard InChI is InChI=1S/C14H13Br3N2O/c1-2-5-11-6-3-4-7-12(11)8-9-19-18-10-13(20-19)14(15,16)17/h2-4,6-10,18H,1,5H2/b9-8+. The number of rotatable bonds is 4. The minimum absolute atomic E-state index is 0.566. The molecule has 3 nitrogen and oxygen atoms in total. The van der Waals surface area contributed by atoms with Gasteiger partial charge < -0.3 is 4.84 Å². The summed E-state index contributed by atoms with van der Waals surface area (Å²) in [6.07, 6.45) is 8.29. The second-order valence-electron chi connectivity index (χ2n) is 4.06. The summed E-state index contributed by atoms with van der Waals surface area (Å²) in [5, 5.41) is 1.53. The van der Waals surface area contributed by atoms with Crippen molar-refractivity contribution in [1.82, 2.24) is 10.6 Å². The number of nitrogens with zero attached hydrogens (tertiary/aromatic N) is 1. The fourth-order valence-corrected chi connectivity index (χ4v) is 2.23. The number of hydrogen-bond acceptors (Lipinski definition) is 3. The van der Waals surface area contributed by atoms with E-state index in [1.807, 2.05) is 30.5 Å². The highest BCUT2D eigenvalue weighted by Crippen LogP contribution is 2.42. The number of benzene rings is 1. The molecule has 0 fully saturated rings. The van der Waals surface area contributed by atoms with Crippen LogP contribution >= 0.6 is 47.8 Å². The Balaban J connectivity index is 2.04. The lowest BCUT2D eigenvalue weighted by molar-refractivity contribution is -0.0788. The summed E-state index contributed by atoms with van der Waals surface area (Å²) < 4.78 is -0.566. The fourth-order valence-electron chi connectivity index (χ4n) is 1.67. The molecule has 1 aliphatic rings. The van der Waals surface area contributed by atoms with Gasteiger partial charge in [-0.2, -0.15) is 0 Å². The zero-order chi connectivity index (χ0) is 14.6. The third-order valence-corrected chi connectivity index (χ3v) is 3.78. The maximum atomic E-state index is 5.58. The Kier molecular flexibility index (Phi) is 5.35. The van der Waals surface area contributed by atoms with Crippen molar-refractivity contribution >= 4 is 53.9 Å². The molecule has 2 rings (SSSR count). The highest BCUT2D eigenvalue weighted by atomic mass is 80.0. The quantitative estimate of drug-likeness (QED) is 0.511. The average molecular weight is 465 g/mol. The van der Waals surface area contributed by atoms with Crippen molar-refractivity contribution in [3.63, 3.8) is 0 Å². The first-order valence-corrected chi connectivity index (χ1v) is 8.26. The lowest BCUT2D eigenvalue weighted by Crippen LogP contribution is -2.22. The highest BCUT2D eigenvalue weighted by Gasteiger charge is 2.31. The first-order valence-electron chi connectivity index (χ1n) is 5.88. The third-order valence-electron chi connectivity index (χ3n) is 2.61. The van der Waals surface area contributed by atoms with Crippen LogP contribution < -0.4 is 5.43 Å². The predicted octanol–water partition coefficient (Wildman–Crippen LogP) is 4.82. The molecular weight excluding hydrogens is 452 g/mol. The molecule has 6 heteroatoms. The molecule has 0 amide bonds. The summed E-state index contributed by atoms with van der Waals surface area (Å²) in [7, 11) is 0. The minimum atomic E-state index is -0.566. The van der Waals surface area contributed by atoms with E-state index in [1.54, 1.807) is 6.20 Å². The number of halogens is 3. The largest absolute Gasteiger partial charge is 0.359 e. The van der Waals surface area contributed by atoms with Crippen molar-refractivity contribution in [3.8, 4) is 0 Å². The van der Waals surface area contributed by atoms with E-state index in [0.29, 0.717) is 5.76 Å². The fraction of sp³-hybridized carbons (Fsp3) is 0.143. The number of hydrazine groups is 1. The lowest BCUT2D eigenvalue weighted by atomic mass is 10.0. The van der Waals surface area contributed by atoms with Crippen LogP contribution in [0.1, 0.15) is 11.1 Å². The Morgan fingerprint density at radius 1 is 1.30 bits per heavy atom. The molecule has 1 N–H and O–H groups in total. The highest BCUT2D eigenvalue weighted by molar-refractivity contribution is 9.39. The number of hydroxylamine groups is 1. The summed E-state index contributed by atoms with van der Waals surface area (Å²) in [4.78, 5) is 5.58. The number of allylic oxidation sites excluding steroid dienone is 2. The molecule has 0 saturated carbocycles. The van der Waals surface area contributed by atoms with Gasteiger partial charge in [0.05, 0.1) is 12.4 Å². The molecule has 1 aromatic carbocycles. The van der Waals surface area contributed by atoms with E-state index in [-0.39, 0.29) is 0 Å². The van der Waals surface area contributed by atoms with Crippen molar-refractivity contribution in [2.45, 2.75) is 8.56 Å². The van der Waals surface area contributed by atoms with E-state index >= 15 is 0 Å². The Labute approximate surface area is 143 Å². The van der Waals surface area contributed by atoms with E-state index in [0.717, 1.165) is 12.0 Å². The SMILES string of the molecule is C=CCc1ccccc1/C=C/N1NC=C(C(Br)(Br)Br)O1. The van der Waals surface area contributed by atoms with Crippen LogP contribution in [0.2, 0.25) is 0 Å². The monoisotopic (exact) mass is 462 g/mol. The molecule has 20 heavy (non-hydrogen) atoms. The number of alkyl halides is 3. The molecule has 1 heterocycles. The van der Waals surface area contributed by atoms with Gasteiger partial charge in [0.2, 0.25) is 0 Å². The van der Waals surface area contributed by atoms with Gasteiger partial charge in [0.25, 0.3) is 0 Å². The zero-order valence-electron chi connectivity index (χ0n) is 10.5. The Morgan fingerprint density at radius 3 is 2.70 bits per heavy atom. The Morgan fingerprint density at radius 2 is 2.05 bits per heavy atom. The average Bonchev–Trinajstić information content (AvgIpc) is 2.87. The molecule has 0 saturated heterocycles. The maximum absolute atomic E-state index is 5.58. The molecule has 106 valence electrons. The van der Waals surface area contributed by atoms with E-state index in [4.69, 9.17) is 4.84 Å². The molecule has 0 atom stereocenters. The molecule has 0 aromatic heterocycles. The molecule has 0 bridgehead atoms. The van der Waals surface area contributed by atoms with Gasteiger partial charge >= 0.3 is 0 Å². The van der Waals surface area contributed by atoms with E-state index in [1.165, 1.54) is 10.7 Å². The van der Waals surface area contributed by atoms with Gasteiger partial charge in [-0.3, -0.25) is 5.43 Å². The maximum Gasteiger partial charge on any atom is 0.196 e. The van der Waals surface area contributed by atoms with Crippen LogP contribution in [-0.4, -0.2) is 7.32 Å². The lowest BCUT2D eigenvalue weighted by Gasteiger charge is -2.16. The van der Waals surface area contributed by atoms with Gasteiger partial charge in [0, 0.05) is 0 Å². The van der Waals surface area contributed by atoms with Crippen molar-refractivity contribution < 1.29 is 4.84 Å². The molecule has 0 aliphatic carbocycles. The van der Waals surface area contributed by atoms with E-state index in [2.05, 4.69) is 71.9 Å². The normalized spacial score (nSPS) is 14.9. The topological polar surface area (TPSA) is 24.5 Å². The van der Waals surface area contributed by atoms with Crippen LogP contribution in [-0.2, 0) is 11.3 Å². The van der Waals surface area contributed by atoms with Crippen molar-refractivity contribution in [3.05, 3.63) is 66.2 Å². The van der Waals surface area contributed by atoms with Gasteiger partial charge in [-0.05, 0) is 23.6 Å². The Hall–Kier alpha value is -0.720. The third kappa shape index (κ3) is 4.14. The molecule has 1 aromatic rings. The number of hydrogen-bond donors (Lipinski definition) is 1. The van der Waals surface area contributed by atoms with Crippen LogP contribution in [0.3, 0.4) is 0 Å². The molecule has 0 spiro atoms. The van der Waals surface area contributed by atoms with Crippen molar-refractivity contribution in [1.29, 1.82) is 0 Å². The van der Waals surface area contributed by atoms with Crippen LogP contribution in [0.5, 0.6) is 0 Å². The summed E-state index contributed by atoms with van der Waals surface area (Å²) in [5.41, 5.74) is 5.34. The summed E-state index contributed by atoms with van der Waals surface area (Å²) in [6.45, 7) is 3.78. The van der Waals surface area contributed by atoms with Gasteiger partial charge in [-0.15, -0.1) is 11.8 Å². The van der Waals surface area contributed by atoms with E-state index in [9.17, 15) is 0 Å². The van der Waals surface area contributed by atoms with Crippen molar-refractivity contribution in [2.75, 3.05) is 0 Å². The first-order chi connectivity index (χ1) is 9.50. The van der Waals surface area contributed by atoms with Crippen LogP contribution in [0, 0.1) is 0 Å². The van der Waals surface area contributed by atoms with Gasteiger partial charge in [-0.1, -0.05) is 78.1 Å². The molecular formula is C14H13Br3N2O. The number of nitrogens with one attached hydrogen (secondary N) is 1. The molecule has 0 radical (unpaired) electrons. The summed E-state index contributed by atoms with van der Waals surface area (Å²) in [5.74, 6) is 0.668. The summed E-state index contributed by atoms with van der Waals surface area (Å²) >= 11 is 10.2. The zero-order valence-corrected chi connectivity index (χ0v) is 15.3. The smallest absolute Gasteiger partial charge is 0.196 e.